The summed E-state index contributed by atoms with van der Waals surface area (Å²) in [5.74, 6) is 0.737. The average molecular weight is 251 g/mol. The number of hydrogen-bond donors (Lipinski definition) is 1. The normalized spacial score (nSPS) is 12.6. The summed E-state index contributed by atoms with van der Waals surface area (Å²) in [7, 11) is 0.500. The number of benzene rings is 1. The topological polar surface area (TPSA) is 86.7 Å². The summed E-state index contributed by atoms with van der Waals surface area (Å²) >= 11 is 0. The van der Waals surface area contributed by atoms with E-state index in [9.17, 15) is 4.21 Å². The van der Waals surface area contributed by atoms with Gasteiger partial charge in [-0.3, -0.25) is 4.21 Å². The summed E-state index contributed by atoms with van der Waals surface area (Å²) in [6.45, 7) is 1.88. The van der Waals surface area contributed by atoms with E-state index in [1.807, 2.05) is 6.92 Å². The lowest BCUT2D eigenvalue weighted by molar-refractivity contribution is 0.628. The Labute approximate surface area is 101 Å². The second kappa shape index (κ2) is 4.62. The zero-order valence-electron chi connectivity index (χ0n) is 9.62. The number of hydrogen-bond acceptors (Lipinski definition) is 5. The van der Waals surface area contributed by atoms with E-state index in [-0.39, 0.29) is 5.75 Å². The van der Waals surface area contributed by atoms with E-state index in [1.54, 1.807) is 25.2 Å². The molecule has 2 aromatic rings. The van der Waals surface area contributed by atoms with Gasteiger partial charge >= 0.3 is 0 Å². The summed E-state index contributed by atoms with van der Waals surface area (Å²) < 4.78 is 12.1. The third-order valence-corrected chi connectivity index (χ3v) is 3.72. The second-order valence-electron chi connectivity index (χ2n) is 3.71. The van der Waals surface area contributed by atoms with E-state index in [0.717, 1.165) is 10.5 Å². The van der Waals surface area contributed by atoms with Crippen LogP contribution < -0.4 is 5.73 Å². The highest BCUT2D eigenvalue weighted by atomic mass is 32.2. The highest BCUT2D eigenvalue weighted by molar-refractivity contribution is 7.84. The summed E-state index contributed by atoms with van der Waals surface area (Å²) in [6.07, 6.45) is 0. The minimum absolute atomic E-state index is 0.262. The number of anilines is 1. The first-order valence-electron chi connectivity index (χ1n) is 5.03. The molecule has 0 aliphatic heterocycles. The largest absolute Gasteiger partial charge is 0.399 e. The molecule has 90 valence electrons. The van der Waals surface area contributed by atoms with Crippen molar-refractivity contribution >= 4 is 16.5 Å². The van der Waals surface area contributed by atoms with Gasteiger partial charge in [0.05, 0.1) is 23.6 Å². The molecule has 6 nitrogen and oxygen atoms in total. The zero-order chi connectivity index (χ0) is 12.4. The van der Waals surface area contributed by atoms with Crippen molar-refractivity contribution < 1.29 is 4.21 Å². The third kappa shape index (κ3) is 2.68. The molecule has 1 aromatic heterocycles. The van der Waals surface area contributed by atoms with Gasteiger partial charge in [-0.2, -0.15) is 4.80 Å². The van der Waals surface area contributed by atoms with Crippen LogP contribution in [0.2, 0.25) is 0 Å². The van der Waals surface area contributed by atoms with Crippen molar-refractivity contribution in [3.63, 3.8) is 0 Å². The summed E-state index contributed by atoms with van der Waals surface area (Å²) in [5.41, 5.74) is 7.22. The third-order valence-electron chi connectivity index (χ3n) is 2.25. The molecule has 1 heterocycles. The van der Waals surface area contributed by atoms with E-state index in [0.29, 0.717) is 11.5 Å². The molecular formula is C10H13N5OS. The average Bonchev–Trinajstić information content (AvgIpc) is 2.63. The number of nitrogens with two attached hydrogens (primary N) is 1. The Morgan fingerprint density at radius 3 is 2.82 bits per heavy atom. The zero-order valence-corrected chi connectivity index (χ0v) is 10.4. The van der Waals surface area contributed by atoms with Crippen molar-refractivity contribution in [3.8, 4) is 0 Å². The van der Waals surface area contributed by atoms with Gasteiger partial charge < -0.3 is 5.73 Å². The maximum atomic E-state index is 12.1. The van der Waals surface area contributed by atoms with E-state index >= 15 is 0 Å². The van der Waals surface area contributed by atoms with Crippen LogP contribution in [0, 0.1) is 6.92 Å². The van der Waals surface area contributed by atoms with Crippen LogP contribution >= 0.6 is 0 Å². The summed E-state index contributed by atoms with van der Waals surface area (Å²) in [6, 6.07) is 5.32. The van der Waals surface area contributed by atoms with Crippen LogP contribution in [0.15, 0.2) is 23.1 Å². The van der Waals surface area contributed by atoms with Crippen molar-refractivity contribution in [2.24, 2.45) is 7.05 Å². The Hall–Kier alpha value is -1.76. The molecule has 0 amide bonds. The fourth-order valence-corrected chi connectivity index (χ4v) is 2.65. The Morgan fingerprint density at radius 2 is 2.24 bits per heavy atom. The molecule has 0 aliphatic carbocycles. The smallest absolute Gasteiger partial charge is 0.187 e. The van der Waals surface area contributed by atoms with Gasteiger partial charge in [-0.15, -0.1) is 10.2 Å². The van der Waals surface area contributed by atoms with E-state index in [2.05, 4.69) is 15.4 Å². The molecule has 0 saturated heterocycles. The van der Waals surface area contributed by atoms with Crippen LogP contribution in [0.1, 0.15) is 11.4 Å². The molecule has 0 aliphatic rings. The van der Waals surface area contributed by atoms with Crippen molar-refractivity contribution in [2.75, 3.05) is 5.73 Å². The molecule has 2 rings (SSSR count). The highest BCUT2D eigenvalue weighted by Crippen LogP contribution is 2.17. The number of nitrogens with zero attached hydrogens (tertiary/aromatic N) is 4. The minimum Gasteiger partial charge on any atom is -0.399 e. The predicted octanol–water partition coefficient (Wildman–Crippen LogP) is 0.409. The molecule has 7 heteroatoms. The molecule has 2 N–H and O–H groups in total. The molecular weight excluding hydrogens is 238 g/mol. The lowest BCUT2D eigenvalue weighted by Crippen LogP contribution is -2.02. The Kier molecular flexibility index (Phi) is 3.19. The van der Waals surface area contributed by atoms with Gasteiger partial charge in [0.2, 0.25) is 0 Å². The fourth-order valence-electron chi connectivity index (χ4n) is 1.50. The van der Waals surface area contributed by atoms with Gasteiger partial charge in [0, 0.05) is 10.6 Å². The summed E-state index contributed by atoms with van der Waals surface area (Å²) in [4.78, 5) is 2.11. The quantitative estimate of drug-likeness (QED) is 0.798. The van der Waals surface area contributed by atoms with Crippen LogP contribution in [0.3, 0.4) is 0 Å². The molecule has 0 fully saturated rings. The van der Waals surface area contributed by atoms with Crippen molar-refractivity contribution in [1.82, 2.24) is 20.2 Å². The highest BCUT2D eigenvalue weighted by Gasteiger charge is 2.11. The van der Waals surface area contributed by atoms with E-state index in [4.69, 9.17) is 5.73 Å². The number of aromatic nitrogens is 4. The molecule has 0 radical (unpaired) electrons. The monoisotopic (exact) mass is 251 g/mol. The van der Waals surface area contributed by atoms with Crippen LogP contribution in [-0.4, -0.2) is 24.4 Å². The lowest BCUT2D eigenvalue weighted by Gasteiger charge is -2.04. The summed E-state index contributed by atoms with van der Waals surface area (Å²) in [5, 5.41) is 11.5. The number of nitrogen functional groups attached to an aromatic ring is 1. The molecule has 0 bridgehead atoms. The number of rotatable bonds is 3. The van der Waals surface area contributed by atoms with Crippen LogP contribution in [0.5, 0.6) is 0 Å². The lowest BCUT2D eigenvalue weighted by atomic mass is 10.2. The maximum Gasteiger partial charge on any atom is 0.187 e. The molecule has 17 heavy (non-hydrogen) atoms. The fraction of sp³-hybridized carbons (Fsp3) is 0.300. The van der Waals surface area contributed by atoms with Crippen molar-refractivity contribution in [2.45, 2.75) is 17.6 Å². The van der Waals surface area contributed by atoms with E-state index in [1.165, 1.54) is 4.80 Å². The van der Waals surface area contributed by atoms with Gasteiger partial charge in [0.15, 0.2) is 5.82 Å². The van der Waals surface area contributed by atoms with Gasteiger partial charge in [-0.05, 0) is 35.9 Å². The molecule has 1 aromatic carbocycles. The van der Waals surface area contributed by atoms with Gasteiger partial charge in [0.25, 0.3) is 0 Å². The van der Waals surface area contributed by atoms with Gasteiger partial charge in [0.1, 0.15) is 0 Å². The van der Waals surface area contributed by atoms with Crippen LogP contribution in [0.4, 0.5) is 5.69 Å². The Bertz CT molecular complexity index is 566. The Morgan fingerprint density at radius 1 is 1.47 bits per heavy atom. The molecule has 1 atom stereocenters. The SMILES string of the molecule is Cc1cc(N)ccc1S(=O)Cc1nnn(C)n1. The predicted molar refractivity (Wildman–Crippen MR) is 64.5 cm³/mol. The van der Waals surface area contributed by atoms with Crippen LogP contribution in [-0.2, 0) is 23.6 Å². The first-order chi connectivity index (χ1) is 8.06. The molecule has 0 saturated carbocycles. The first kappa shape index (κ1) is 11.7. The standard InChI is InChI=1S/C10H13N5OS/c1-7-5-8(11)3-4-9(7)17(16)6-10-12-14-15(2)13-10/h3-5H,6,11H2,1-2H3. The molecule has 0 spiro atoms. The maximum absolute atomic E-state index is 12.1. The van der Waals surface area contributed by atoms with Crippen molar-refractivity contribution in [1.29, 1.82) is 0 Å². The van der Waals surface area contributed by atoms with Crippen molar-refractivity contribution in [3.05, 3.63) is 29.6 Å². The second-order valence-corrected chi connectivity index (χ2v) is 5.13. The first-order valence-corrected chi connectivity index (χ1v) is 6.35. The molecule has 1 unspecified atom stereocenters. The van der Waals surface area contributed by atoms with Crippen LogP contribution in [0.25, 0.3) is 0 Å². The van der Waals surface area contributed by atoms with E-state index < -0.39 is 10.8 Å². The van der Waals surface area contributed by atoms with Gasteiger partial charge in [-0.25, -0.2) is 0 Å². The number of tetrazole rings is 1. The minimum atomic E-state index is -1.17. The number of aryl methyl sites for hydroxylation is 2. The Balaban J connectivity index is 2.20. The van der Waals surface area contributed by atoms with Gasteiger partial charge in [-0.1, -0.05) is 0 Å².